The largest absolute Gasteiger partial charge is 0.379 e. The molecule has 1 aromatic heterocycles. The number of carbonyl (C=O) groups excluding carboxylic acids is 1. The van der Waals surface area contributed by atoms with E-state index in [1.165, 1.54) is 5.56 Å². The van der Waals surface area contributed by atoms with Gasteiger partial charge in [-0.15, -0.1) is 0 Å². The Balaban J connectivity index is 1.53. The third-order valence-corrected chi connectivity index (χ3v) is 5.04. The first-order chi connectivity index (χ1) is 11.8. The van der Waals surface area contributed by atoms with Crippen LogP contribution in [0.2, 0.25) is 0 Å². The van der Waals surface area contributed by atoms with Crippen molar-refractivity contribution < 1.29 is 9.53 Å². The number of benzene rings is 1. The quantitative estimate of drug-likeness (QED) is 0.871. The Hall–Kier alpha value is -2.04. The van der Waals surface area contributed by atoms with Gasteiger partial charge < -0.3 is 4.74 Å². The molecule has 0 saturated carbocycles. The Kier molecular flexibility index (Phi) is 4.41. The van der Waals surface area contributed by atoms with Gasteiger partial charge in [-0.05, 0) is 23.6 Å². The van der Waals surface area contributed by atoms with Crippen LogP contribution in [0.1, 0.15) is 45.9 Å². The Labute approximate surface area is 142 Å². The van der Waals surface area contributed by atoms with Crippen LogP contribution in [0.5, 0.6) is 0 Å². The van der Waals surface area contributed by atoms with Crippen molar-refractivity contribution in [1.82, 2.24) is 9.88 Å². The number of fused-ring (bicyclic) bond motifs is 1. The SMILES string of the molecule is O=C1CCC(c2ccc(CN3CCOCC3)nc2)c2ccccc21. The molecule has 1 unspecified atom stereocenters. The van der Waals surface area contributed by atoms with E-state index in [4.69, 9.17) is 4.74 Å². The maximum absolute atomic E-state index is 12.1. The van der Waals surface area contributed by atoms with Gasteiger partial charge in [-0.25, -0.2) is 0 Å². The Morgan fingerprint density at radius 3 is 2.75 bits per heavy atom. The van der Waals surface area contributed by atoms with Crippen LogP contribution in [-0.2, 0) is 11.3 Å². The van der Waals surface area contributed by atoms with E-state index < -0.39 is 0 Å². The molecule has 0 bridgehead atoms. The lowest BCUT2D eigenvalue weighted by Gasteiger charge is -2.27. The normalized spacial score (nSPS) is 21.5. The van der Waals surface area contributed by atoms with Crippen LogP contribution in [0.4, 0.5) is 0 Å². The second-order valence-electron chi connectivity index (χ2n) is 6.57. The van der Waals surface area contributed by atoms with Gasteiger partial charge in [0.05, 0.1) is 18.9 Å². The molecule has 4 nitrogen and oxygen atoms in total. The molecule has 1 saturated heterocycles. The number of carbonyl (C=O) groups is 1. The van der Waals surface area contributed by atoms with Gasteiger partial charge in [-0.1, -0.05) is 30.3 Å². The monoisotopic (exact) mass is 322 g/mol. The van der Waals surface area contributed by atoms with Crippen molar-refractivity contribution in [2.45, 2.75) is 25.3 Å². The molecule has 1 atom stereocenters. The van der Waals surface area contributed by atoms with Crippen molar-refractivity contribution in [1.29, 1.82) is 0 Å². The lowest BCUT2D eigenvalue weighted by Crippen LogP contribution is -2.35. The summed E-state index contributed by atoms with van der Waals surface area (Å²) in [6.07, 6.45) is 3.49. The van der Waals surface area contributed by atoms with Crippen molar-refractivity contribution in [2.75, 3.05) is 26.3 Å². The zero-order valence-electron chi connectivity index (χ0n) is 13.8. The molecule has 2 aliphatic rings. The van der Waals surface area contributed by atoms with Crippen molar-refractivity contribution in [2.24, 2.45) is 0 Å². The number of hydrogen-bond donors (Lipinski definition) is 0. The maximum atomic E-state index is 12.1. The minimum Gasteiger partial charge on any atom is -0.379 e. The second-order valence-corrected chi connectivity index (χ2v) is 6.57. The number of ether oxygens (including phenoxy) is 1. The lowest BCUT2D eigenvalue weighted by molar-refractivity contribution is 0.0336. The van der Waals surface area contributed by atoms with E-state index in [0.717, 1.165) is 56.1 Å². The summed E-state index contributed by atoms with van der Waals surface area (Å²) in [5.74, 6) is 0.544. The van der Waals surface area contributed by atoms with Gasteiger partial charge in [0.15, 0.2) is 5.78 Å². The van der Waals surface area contributed by atoms with Crippen molar-refractivity contribution >= 4 is 5.78 Å². The van der Waals surface area contributed by atoms with E-state index >= 15 is 0 Å². The molecule has 0 radical (unpaired) electrons. The summed E-state index contributed by atoms with van der Waals surface area (Å²) in [7, 11) is 0. The minimum atomic E-state index is 0.263. The topological polar surface area (TPSA) is 42.4 Å². The lowest BCUT2D eigenvalue weighted by atomic mass is 9.79. The maximum Gasteiger partial charge on any atom is 0.163 e. The number of aromatic nitrogens is 1. The first-order valence-corrected chi connectivity index (χ1v) is 8.68. The molecule has 1 aliphatic carbocycles. The van der Waals surface area contributed by atoms with Gasteiger partial charge in [0.2, 0.25) is 0 Å². The predicted octanol–water partition coefficient (Wildman–Crippen LogP) is 3.02. The second kappa shape index (κ2) is 6.83. The van der Waals surface area contributed by atoms with Crippen LogP contribution in [0, 0.1) is 0 Å². The highest BCUT2D eigenvalue weighted by molar-refractivity contribution is 5.99. The van der Waals surface area contributed by atoms with Crippen LogP contribution >= 0.6 is 0 Å². The highest BCUT2D eigenvalue weighted by atomic mass is 16.5. The number of rotatable bonds is 3. The average molecular weight is 322 g/mol. The Bertz CT molecular complexity index is 721. The fraction of sp³-hybridized carbons (Fsp3) is 0.400. The predicted molar refractivity (Wildman–Crippen MR) is 92.2 cm³/mol. The van der Waals surface area contributed by atoms with Crippen LogP contribution in [0.15, 0.2) is 42.6 Å². The summed E-state index contributed by atoms with van der Waals surface area (Å²) < 4.78 is 5.39. The number of hydrogen-bond acceptors (Lipinski definition) is 4. The number of ketones is 1. The Morgan fingerprint density at radius 1 is 1.12 bits per heavy atom. The van der Waals surface area contributed by atoms with E-state index in [-0.39, 0.29) is 11.7 Å². The molecule has 2 aromatic rings. The number of nitrogens with zero attached hydrogens (tertiary/aromatic N) is 2. The van der Waals surface area contributed by atoms with Gasteiger partial charge >= 0.3 is 0 Å². The van der Waals surface area contributed by atoms with E-state index in [1.807, 2.05) is 24.4 Å². The molecular formula is C20H22N2O2. The van der Waals surface area contributed by atoms with E-state index in [0.29, 0.717) is 6.42 Å². The zero-order chi connectivity index (χ0) is 16.4. The summed E-state index contributed by atoms with van der Waals surface area (Å²) in [5.41, 5.74) is 4.34. The van der Waals surface area contributed by atoms with Crippen molar-refractivity contribution in [3.8, 4) is 0 Å². The average Bonchev–Trinajstić information content (AvgIpc) is 2.64. The summed E-state index contributed by atoms with van der Waals surface area (Å²) in [5, 5.41) is 0. The molecular weight excluding hydrogens is 300 g/mol. The molecule has 124 valence electrons. The van der Waals surface area contributed by atoms with Crippen molar-refractivity contribution in [3.05, 3.63) is 65.0 Å². The zero-order valence-corrected chi connectivity index (χ0v) is 13.8. The third kappa shape index (κ3) is 3.12. The van der Waals surface area contributed by atoms with E-state index in [1.54, 1.807) is 0 Å². The molecule has 0 spiro atoms. The molecule has 2 heterocycles. The summed E-state index contributed by atoms with van der Waals surface area (Å²) >= 11 is 0. The van der Waals surface area contributed by atoms with Crippen LogP contribution in [0.3, 0.4) is 0 Å². The number of pyridine rings is 1. The summed E-state index contributed by atoms with van der Waals surface area (Å²) in [4.78, 5) is 19.2. The fourth-order valence-corrected chi connectivity index (χ4v) is 3.69. The van der Waals surface area contributed by atoms with E-state index in [9.17, 15) is 4.79 Å². The molecule has 24 heavy (non-hydrogen) atoms. The summed E-state index contributed by atoms with van der Waals surface area (Å²) in [6, 6.07) is 12.3. The fourth-order valence-electron chi connectivity index (χ4n) is 3.69. The van der Waals surface area contributed by atoms with Gasteiger partial charge in [0.25, 0.3) is 0 Å². The van der Waals surface area contributed by atoms with Crippen LogP contribution < -0.4 is 0 Å². The van der Waals surface area contributed by atoms with Gasteiger partial charge in [-0.2, -0.15) is 0 Å². The van der Waals surface area contributed by atoms with Gasteiger partial charge in [0.1, 0.15) is 0 Å². The van der Waals surface area contributed by atoms with Crippen molar-refractivity contribution in [3.63, 3.8) is 0 Å². The Morgan fingerprint density at radius 2 is 1.96 bits per heavy atom. The molecule has 1 aromatic carbocycles. The van der Waals surface area contributed by atoms with Crippen LogP contribution in [-0.4, -0.2) is 42.0 Å². The molecule has 4 rings (SSSR count). The molecule has 1 fully saturated rings. The molecule has 1 aliphatic heterocycles. The molecule has 4 heteroatoms. The van der Waals surface area contributed by atoms with Crippen LogP contribution in [0.25, 0.3) is 0 Å². The smallest absolute Gasteiger partial charge is 0.163 e. The minimum absolute atomic E-state index is 0.263. The van der Waals surface area contributed by atoms with E-state index in [2.05, 4.69) is 28.1 Å². The first-order valence-electron chi connectivity index (χ1n) is 8.68. The number of morpholine rings is 1. The highest BCUT2D eigenvalue weighted by Crippen LogP contribution is 2.36. The third-order valence-electron chi connectivity index (χ3n) is 5.04. The van der Waals surface area contributed by atoms with Gasteiger partial charge in [0, 0.05) is 43.7 Å². The number of Topliss-reactive ketones (excluding diaryl/α,β-unsaturated/α-hetero) is 1. The molecule has 0 N–H and O–H groups in total. The first kappa shape index (κ1) is 15.5. The summed E-state index contributed by atoms with van der Waals surface area (Å²) in [6.45, 7) is 4.45. The highest BCUT2D eigenvalue weighted by Gasteiger charge is 2.26. The molecule has 0 amide bonds. The van der Waals surface area contributed by atoms with Gasteiger partial charge in [-0.3, -0.25) is 14.7 Å². The standard InChI is InChI=1S/C20H22N2O2/c23-20-8-7-17(18-3-1-2-4-19(18)20)15-5-6-16(21-13-15)14-22-9-11-24-12-10-22/h1-6,13,17H,7-12,14H2.